The summed E-state index contributed by atoms with van der Waals surface area (Å²) < 4.78 is 3.04. The van der Waals surface area contributed by atoms with Gasteiger partial charge in [0.15, 0.2) is 0 Å². The minimum atomic E-state index is -0.0203. The summed E-state index contributed by atoms with van der Waals surface area (Å²) in [5.41, 5.74) is 4.01. The zero-order valence-electron chi connectivity index (χ0n) is 14.1. The third kappa shape index (κ3) is 4.69. The lowest BCUT2D eigenvalue weighted by Gasteiger charge is -2.05. The zero-order valence-corrected chi connectivity index (χ0v) is 16.2. The Balaban J connectivity index is 1.52. The van der Waals surface area contributed by atoms with Crippen molar-refractivity contribution in [2.24, 2.45) is 0 Å². The van der Waals surface area contributed by atoms with Crippen LogP contribution in [0.3, 0.4) is 0 Å². The molecule has 0 saturated heterocycles. The number of carbonyl (C=O) groups is 1. The highest BCUT2D eigenvalue weighted by Crippen LogP contribution is 2.13. The lowest BCUT2D eigenvalue weighted by Crippen LogP contribution is -2.24. The number of halogens is 1. The average molecular weight is 445 g/mol. The summed E-state index contributed by atoms with van der Waals surface area (Å²) in [4.78, 5) is 12.1. The number of aromatic nitrogens is 2. The molecule has 0 bridgehead atoms. The molecular weight excluding hydrogens is 425 g/mol. The first-order chi connectivity index (χ1) is 12.1. The van der Waals surface area contributed by atoms with Crippen molar-refractivity contribution in [2.75, 3.05) is 6.54 Å². The van der Waals surface area contributed by atoms with Crippen LogP contribution in [0.15, 0.2) is 60.8 Å². The Bertz CT molecular complexity index is 841. The van der Waals surface area contributed by atoms with Crippen molar-refractivity contribution >= 4 is 28.5 Å². The summed E-state index contributed by atoms with van der Waals surface area (Å²) >= 11 is 2.23. The van der Waals surface area contributed by atoms with Crippen molar-refractivity contribution in [3.05, 3.63) is 81.2 Å². The number of rotatable bonds is 6. The molecule has 0 spiro atoms. The van der Waals surface area contributed by atoms with E-state index in [0.29, 0.717) is 12.1 Å². The van der Waals surface area contributed by atoms with Crippen molar-refractivity contribution in [1.29, 1.82) is 0 Å². The summed E-state index contributed by atoms with van der Waals surface area (Å²) in [6, 6.07) is 17.7. The Hall–Kier alpha value is -2.15. The molecule has 1 amide bonds. The molecule has 0 aliphatic heterocycles. The Labute approximate surface area is 161 Å². The molecule has 4 nitrogen and oxygen atoms in total. The summed E-state index contributed by atoms with van der Waals surface area (Å²) in [5.74, 6) is -0.0203. The summed E-state index contributed by atoms with van der Waals surface area (Å²) in [7, 11) is 0. The third-order valence-electron chi connectivity index (χ3n) is 4.04. The molecule has 128 valence electrons. The van der Waals surface area contributed by atoms with E-state index in [1.807, 2.05) is 66.2 Å². The minimum Gasteiger partial charge on any atom is -0.352 e. The van der Waals surface area contributed by atoms with E-state index in [1.165, 1.54) is 5.56 Å². The lowest BCUT2D eigenvalue weighted by molar-refractivity contribution is 0.0953. The van der Waals surface area contributed by atoms with Crippen LogP contribution in [0.2, 0.25) is 0 Å². The van der Waals surface area contributed by atoms with Crippen LogP contribution in [-0.2, 0) is 6.42 Å². The summed E-state index contributed by atoms with van der Waals surface area (Å²) in [5, 5.41) is 7.56. The predicted octanol–water partition coefficient (Wildman–Crippen LogP) is 4.15. The van der Waals surface area contributed by atoms with Gasteiger partial charge in [0.2, 0.25) is 0 Å². The van der Waals surface area contributed by atoms with E-state index in [0.717, 1.165) is 27.8 Å². The smallest absolute Gasteiger partial charge is 0.251 e. The molecule has 25 heavy (non-hydrogen) atoms. The number of hydrogen-bond donors (Lipinski definition) is 1. The molecule has 1 aromatic heterocycles. The molecule has 0 unspecified atom stereocenters. The second-order valence-electron chi connectivity index (χ2n) is 5.89. The summed E-state index contributed by atoms with van der Waals surface area (Å²) in [6.45, 7) is 2.68. The maximum absolute atomic E-state index is 12.1. The van der Waals surface area contributed by atoms with Crippen LogP contribution in [0.25, 0.3) is 5.69 Å². The highest BCUT2D eigenvalue weighted by Gasteiger charge is 2.07. The Morgan fingerprint density at radius 3 is 2.56 bits per heavy atom. The molecule has 0 radical (unpaired) electrons. The minimum absolute atomic E-state index is 0.0203. The maximum atomic E-state index is 12.1. The first kappa shape index (κ1) is 17.7. The van der Waals surface area contributed by atoms with Crippen molar-refractivity contribution in [2.45, 2.75) is 19.8 Å². The van der Waals surface area contributed by atoms with Gasteiger partial charge in [-0.2, -0.15) is 5.10 Å². The molecule has 0 aliphatic rings. The van der Waals surface area contributed by atoms with Crippen LogP contribution in [0.4, 0.5) is 0 Å². The van der Waals surface area contributed by atoms with Gasteiger partial charge in [0.1, 0.15) is 0 Å². The van der Waals surface area contributed by atoms with E-state index in [-0.39, 0.29) is 5.91 Å². The van der Waals surface area contributed by atoms with Gasteiger partial charge in [0.25, 0.3) is 5.91 Å². The fourth-order valence-corrected chi connectivity index (χ4v) is 3.00. The first-order valence-electron chi connectivity index (χ1n) is 8.28. The number of para-hydroxylation sites is 1. The molecule has 0 fully saturated rings. The van der Waals surface area contributed by atoms with Crippen molar-refractivity contribution in [3.63, 3.8) is 0 Å². The van der Waals surface area contributed by atoms with Crippen LogP contribution in [0.5, 0.6) is 0 Å². The van der Waals surface area contributed by atoms with Gasteiger partial charge < -0.3 is 5.32 Å². The molecule has 0 saturated carbocycles. The molecule has 1 N–H and O–H groups in total. The van der Waals surface area contributed by atoms with E-state index < -0.39 is 0 Å². The standard InChI is InChI=1S/C20H20IN3O/c1-15-17(14-24(23-15)19-7-3-2-4-8-19)6-5-13-22-20(25)16-9-11-18(21)12-10-16/h2-4,7-12,14H,5-6,13H2,1H3,(H,22,25). The van der Waals surface area contributed by atoms with Crippen LogP contribution in [0, 0.1) is 10.5 Å². The van der Waals surface area contributed by atoms with Gasteiger partial charge in [0.05, 0.1) is 11.4 Å². The number of aryl methyl sites for hydroxylation is 2. The average Bonchev–Trinajstić information content (AvgIpc) is 3.01. The molecular formula is C20H20IN3O. The lowest BCUT2D eigenvalue weighted by atomic mass is 10.1. The van der Waals surface area contributed by atoms with Gasteiger partial charge in [0, 0.05) is 21.9 Å². The van der Waals surface area contributed by atoms with E-state index in [2.05, 4.69) is 39.2 Å². The quantitative estimate of drug-likeness (QED) is 0.458. The highest BCUT2D eigenvalue weighted by molar-refractivity contribution is 14.1. The van der Waals surface area contributed by atoms with Crippen LogP contribution in [0.1, 0.15) is 28.0 Å². The number of benzene rings is 2. The molecule has 3 aromatic rings. The highest BCUT2D eigenvalue weighted by atomic mass is 127. The largest absolute Gasteiger partial charge is 0.352 e. The first-order valence-corrected chi connectivity index (χ1v) is 9.36. The Morgan fingerprint density at radius 1 is 1.12 bits per heavy atom. The Kier molecular flexibility index (Phi) is 5.86. The third-order valence-corrected chi connectivity index (χ3v) is 4.76. The predicted molar refractivity (Wildman–Crippen MR) is 108 cm³/mol. The number of carbonyl (C=O) groups excluding carboxylic acids is 1. The summed E-state index contributed by atoms with van der Waals surface area (Å²) in [6.07, 6.45) is 3.86. The van der Waals surface area contributed by atoms with Gasteiger partial charge in [-0.1, -0.05) is 18.2 Å². The van der Waals surface area contributed by atoms with E-state index in [4.69, 9.17) is 0 Å². The maximum Gasteiger partial charge on any atom is 0.251 e. The topological polar surface area (TPSA) is 46.9 Å². The van der Waals surface area contributed by atoms with Gasteiger partial charge in [-0.25, -0.2) is 4.68 Å². The monoisotopic (exact) mass is 445 g/mol. The number of hydrogen-bond acceptors (Lipinski definition) is 2. The van der Waals surface area contributed by atoms with E-state index in [1.54, 1.807) is 0 Å². The van der Waals surface area contributed by atoms with Crippen LogP contribution < -0.4 is 5.32 Å². The molecule has 0 atom stereocenters. The number of nitrogens with zero attached hydrogens (tertiary/aromatic N) is 2. The fourth-order valence-electron chi connectivity index (χ4n) is 2.64. The number of amides is 1. The van der Waals surface area contributed by atoms with E-state index in [9.17, 15) is 4.79 Å². The number of nitrogens with one attached hydrogen (secondary N) is 1. The van der Waals surface area contributed by atoms with E-state index >= 15 is 0 Å². The second-order valence-corrected chi connectivity index (χ2v) is 7.13. The van der Waals surface area contributed by atoms with Gasteiger partial charge in [-0.3, -0.25) is 4.79 Å². The molecule has 3 rings (SSSR count). The molecule has 0 aliphatic carbocycles. The fraction of sp³-hybridized carbons (Fsp3) is 0.200. The van der Waals surface area contributed by atoms with Crippen molar-refractivity contribution in [1.82, 2.24) is 15.1 Å². The van der Waals surface area contributed by atoms with Crippen molar-refractivity contribution in [3.8, 4) is 5.69 Å². The van der Waals surface area contributed by atoms with Gasteiger partial charge in [-0.15, -0.1) is 0 Å². The van der Waals surface area contributed by atoms with Gasteiger partial charge in [-0.05, 0) is 84.3 Å². The second kappa shape index (κ2) is 8.29. The normalized spacial score (nSPS) is 10.6. The molecule has 1 heterocycles. The zero-order chi connectivity index (χ0) is 17.6. The molecule has 2 aromatic carbocycles. The SMILES string of the molecule is Cc1nn(-c2ccccc2)cc1CCCNC(=O)c1ccc(I)cc1. The van der Waals surface area contributed by atoms with Crippen molar-refractivity contribution < 1.29 is 4.79 Å². The molecule has 5 heteroatoms. The van der Waals surface area contributed by atoms with Crippen LogP contribution >= 0.6 is 22.6 Å². The Morgan fingerprint density at radius 2 is 1.84 bits per heavy atom. The van der Waals surface area contributed by atoms with Gasteiger partial charge >= 0.3 is 0 Å². The van der Waals surface area contributed by atoms with Crippen LogP contribution in [-0.4, -0.2) is 22.2 Å².